The molecule has 0 saturated carbocycles. The Morgan fingerprint density at radius 2 is 1.91 bits per heavy atom. The quantitative estimate of drug-likeness (QED) is 0.601. The van der Waals surface area contributed by atoms with Crippen LogP contribution in [0, 0.1) is 0 Å². The van der Waals surface area contributed by atoms with E-state index in [2.05, 4.69) is 19.1 Å². The molecule has 1 aromatic rings. The number of aryl methyl sites for hydroxylation is 1. The molecule has 128 valence electrons. The lowest BCUT2D eigenvalue weighted by Gasteiger charge is -2.21. The molecule has 3 nitrogen and oxygen atoms in total. The molecule has 0 fully saturated rings. The Morgan fingerprint density at radius 1 is 1.18 bits per heavy atom. The van der Waals surface area contributed by atoms with Gasteiger partial charge >= 0.3 is 0 Å². The lowest BCUT2D eigenvalue weighted by Crippen LogP contribution is -2.40. The van der Waals surface area contributed by atoms with E-state index in [0.29, 0.717) is 0 Å². The molecule has 0 heterocycles. The zero-order chi connectivity index (χ0) is 15.6. The van der Waals surface area contributed by atoms with Gasteiger partial charge in [-0.1, -0.05) is 44.7 Å². The minimum atomic E-state index is -0.504. The molecule has 1 rings (SSSR count). The SMILES string of the molecule is CCCCCCCOc1cccc(CCC(C)(N)CO)c1.Cl. The van der Waals surface area contributed by atoms with Crippen molar-refractivity contribution < 1.29 is 9.84 Å². The van der Waals surface area contributed by atoms with Gasteiger partial charge in [0.1, 0.15) is 5.75 Å². The predicted molar refractivity (Wildman–Crippen MR) is 95.9 cm³/mol. The van der Waals surface area contributed by atoms with Gasteiger partial charge in [-0.2, -0.15) is 0 Å². The number of hydrogen-bond donors (Lipinski definition) is 2. The molecule has 0 saturated heterocycles. The first-order valence-corrected chi connectivity index (χ1v) is 8.19. The van der Waals surface area contributed by atoms with Crippen LogP contribution in [0.25, 0.3) is 0 Å². The van der Waals surface area contributed by atoms with E-state index >= 15 is 0 Å². The van der Waals surface area contributed by atoms with E-state index in [1.807, 2.05) is 19.1 Å². The summed E-state index contributed by atoms with van der Waals surface area (Å²) < 4.78 is 5.80. The average molecular weight is 330 g/mol. The zero-order valence-corrected chi connectivity index (χ0v) is 14.8. The number of rotatable bonds is 11. The third-order valence-electron chi connectivity index (χ3n) is 3.76. The predicted octanol–water partition coefficient (Wildman–Crippen LogP) is 4.10. The van der Waals surface area contributed by atoms with Gasteiger partial charge in [-0.3, -0.25) is 0 Å². The zero-order valence-electron chi connectivity index (χ0n) is 14.0. The highest BCUT2D eigenvalue weighted by molar-refractivity contribution is 5.85. The van der Waals surface area contributed by atoms with Gasteiger partial charge in [-0.15, -0.1) is 12.4 Å². The molecule has 0 bridgehead atoms. The fourth-order valence-corrected chi connectivity index (χ4v) is 2.20. The van der Waals surface area contributed by atoms with Gasteiger partial charge in [-0.05, 0) is 43.9 Å². The first-order valence-electron chi connectivity index (χ1n) is 8.19. The molecule has 0 spiro atoms. The molecular weight excluding hydrogens is 298 g/mol. The molecule has 1 unspecified atom stereocenters. The summed E-state index contributed by atoms with van der Waals surface area (Å²) in [7, 11) is 0. The lowest BCUT2D eigenvalue weighted by molar-refractivity contribution is 0.200. The van der Waals surface area contributed by atoms with Gasteiger partial charge in [0.25, 0.3) is 0 Å². The summed E-state index contributed by atoms with van der Waals surface area (Å²) in [6, 6.07) is 8.19. The number of aliphatic hydroxyl groups is 1. The third-order valence-corrected chi connectivity index (χ3v) is 3.76. The van der Waals surface area contributed by atoms with Crippen LogP contribution < -0.4 is 10.5 Å². The van der Waals surface area contributed by atoms with Gasteiger partial charge < -0.3 is 15.6 Å². The Kier molecular flexibility index (Phi) is 11.3. The molecule has 0 aromatic heterocycles. The smallest absolute Gasteiger partial charge is 0.119 e. The van der Waals surface area contributed by atoms with Crippen molar-refractivity contribution in [2.24, 2.45) is 5.73 Å². The third kappa shape index (κ3) is 9.29. The van der Waals surface area contributed by atoms with Crippen LogP contribution in [0.15, 0.2) is 24.3 Å². The summed E-state index contributed by atoms with van der Waals surface area (Å²) >= 11 is 0. The van der Waals surface area contributed by atoms with Crippen LogP contribution in [0.3, 0.4) is 0 Å². The van der Waals surface area contributed by atoms with E-state index in [1.165, 1.54) is 31.2 Å². The van der Waals surface area contributed by atoms with Crippen molar-refractivity contribution in [3.63, 3.8) is 0 Å². The van der Waals surface area contributed by atoms with Crippen molar-refractivity contribution in [2.75, 3.05) is 13.2 Å². The van der Waals surface area contributed by atoms with Gasteiger partial charge in [0.2, 0.25) is 0 Å². The molecule has 3 N–H and O–H groups in total. The molecule has 0 amide bonds. The maximum Gasteiger partial charge on any atom is 0.119 e. The molecular formula is C18H32ClNO2. The van der Waals surface area contributed by atoms with Gasteiger partial charge in [0, 0.05) is 5.54 Å². The van der Waals surface area contributed by atoms with Crippen molar-refractivity contribution in [3.8, 4) is 5.75 Å². The number of unbranched alkanes of at least 4 members (excludes halogenated alkanes) is 4. The van der Waals surface area contributed by atoms with E-state index < -0.39 is 5.54 Å². The highest BCUT2D eigenvalue weighted by Crippen LogP contribution is 2.17. The van der Waals surface area contributed by atoms with Crippen LogP contribution in [-0.4, -0.2) is 23.9 Å². The Hall–Kier alpha value is -0.770. The van der Waals surface area contributed by atoms with Crippen LogP contribution >= 0.6 is 12.4 Å². The van der Waals surface area contributed by atoms with E-state index in [0.717, 1.165) is 31.6 Å². The van der Waals surface area contributed by atoms with Crippen molar-refractivity contribution in [1.29, 1.82) is 0 Å². The second kappa shape index (κ2) is 11.8. The number of benzene rings is 1. The summed E-state index contributed by atoms with van der Waals surface area (Å²) in [5.41, 5.74) is 6.67. The largest absolute Gasteiger partial charge is 0.494 e. The minimum Gasteiger partial charge on any atom is -0.494 e. The van der Waals surface area contributed by atoms with Crippen molar-refractivity contribution in [1.82, 2.24) is 0 Å². The van der Waals surface area contributed by atoms with Crippen LogP contribution in [0.4, 0.5) is 0 Å². The van der Waals surface area contributed by atoms with Crippen molar-refractivity contribution in [3.05, 3.63) is 29.8 Å². The summed E-state index contributed by atoms with van der Waals surface area (Å²) in [5, 5.41) is 9.18. The van der Waals surface area contributed by atoms with Crippen LogP contribution in [0.5, 0.6) is 5.75 Å². The second-order valence-electron chi connectivity index (χ2n) is 6.22. The maximum absolute atomic E-state index is 9.18. The molecule has 1 atom stereocenters. The van der Waals surface area contributed by atoms with Crippen molar-refractivity contribution >= 4 is 12.4 Å². The number of halogens is 1. The first kappa shape index (κ1) is 21.2. The fraction of sp³-hybridized carbons (Fsp3) is 0.667. The summed E-state index contributed by atoms with van der Waals surface area (Å²) in [4.78, 5) is 0. The normalized spacial score (nSPS) is 13.3. The number of ether oxygens (including phenoxy) is 1. The Morgan fingerprint density at radius 3 is 2.59 bits per heavy atom. The van der Waals surface area contributed by atoms with Crippen LogP contribution in [-0.2, 0) is 6.42 Å². The highest BCUT2D eigenvalue weighted by atomic mass is 35.5. The molecule has 0 aliphatic carbocycles. The molecule has 0 aliphatic heterocycles. The van der Waals surface area contributed by atoms with Gasteiger partial charge in [0.15, 0.2) is 0 Å². The van der Waals surface area contributed by atoms with Crippen LogP contribution in [0.1, 0.15) is 57.9 Å². The van der Waals surface area contributed by atoms with Gasteiger partial charge in [-0.25, -0.2) is 0 Å². The Labute approximate surface area is 141 Å². The first-order chi connectivity index (χ1) is 10.1. The fourth-order valence-electron chi connectivity index (χ4n) is 2.20. The standard InChI is InChI=1S/C18H31NO2.ClH/c1-3-4-5-6-7-13-21-17-10-8-9-16(14-17)11-12-18(2,19)15-20;/h8-10,14,20H,3-7,11-13,15,19H2,1-2H3;1H. The number of hydrogen-bond acceptors (Lipinski definition) is 3. The molecule has 0 aliphatic rings. The molecule has 1 aromatic carbocycles. The summed E-state index contributed by atoms with van der Waals surface area (Å²) in [5.74, 6) is 0.936. The van der Waals surface area contributed by atoms with E-state index in [-0.39, 0.29) is 19.0 Å². The van der Waals surface area contributed by atoms with Gasteiger partial charge in [0.05, 0.1) is 13.2 Å². The maximum atomic E-state index is 9.18. The number of aliphatic hydroxyl groups excluding tert-OH is 1. The summed E-state index contributed by atoms with van der Waals surface area (Å²) in [6.07, 6.45) is 7.89. The monoisotopic (exact) mass is 329 g/mol. The summed E-state index contributed by atoms with van der Waals surface area (Å²) in [6.45, 7) is 4.91. The Bertz CT molecular complexity index is 396. The molecule has 4 heteroatoms. The highest BCUT2D eigenvalue weighted by Gasteiger charge is 2.16. The van der Waals surface area contributed by atoms with Crippen LogP contribution in [0.2, 0.25) is 0 Å². The number of nitrogens with two attached hydrogens (primary N) is 1. The van der Waals surface area contributed by atoms with E-state index in [1.54, 1.807) is 0 Å². The average Bonchev–Trinajstić information content (AvgIpc) is 2.49. The minimum absolute atomic E-state index is 0. The van der Waals surface area contributed by atoms with E-state index in [4.69, 9.17) is 10.5 Å². The Balaban J connectivity index is 0.00000441. The lowest BCUT2D eigenvalue weighted by atomic mass is 9.95. The topological polar surface area (TPSA) is 55.5 Å². The molecule has 0 radical (unpaired) electrons. The molecule has 22 heavy (non-hydrogen) atoms. The second-order valence-corrected chi connectivity index (χ2v) is 6.22. The van der Waals surface area contributed by atoms with Crippen molar-refractivity contribution in [2.45, 2.75) is 64.3 Å². The van der Waals surface area contributed by atoms with E-state index in [9.17, 15) is 5.11 Å².